The molecule has 9 saturated carbocycles. The zero-order chi connectivity index (χ0) is 19.4. The van der Waals surface area contributed by atoms with Gasteiger partial charge in [0.2, 0.25) is 11.8 Å². The SMILES string of the molecule is O=C(NC1CC1NC(=O)C12CC3CC(CC(C3)C1)C2)C12CC3CC(CC(C3)C1)C2. The fraction of sp³-hybridized carbons (Fsp3) is 0.920. The molecule has 2 amide bonds. The highest BCUT2D eigenvalue weighted by atomic mass is 16.2. The third-order valence-corrected chi connectivity index (χ3v) is 10.5. The molecule has 4 nitrogen and oxygen atoms in total. The summed E-state index contributed by atoms with van der Waals surface area (Å²) in [4.78, 5) is 26.6. The van der Waals surface area contributed by atoms with Gasteiger partial charge in [-0.25, -0.2) is 0 Å². The molecule has 9 rings (SSSR count). The van der Waals surface area contributed by atoms with E-state index in [2.05, 4.69) is 10.6 Å². The van der Waals surface area contributed by atoms with Gasteiger partial charge in [-0.1, -0.05) is 0 Å². The van der Waals surface area contributed by atoms with Crippen molar-refractivity contribution in [3.63, 3.8) is 0 Å². The molecule has 2 atom stereocenters. The minimum atomic E-state index is -0.0637. The van der Waals surface area contributed by atoms with Crippen molar-refractivity contribution in [3.8, 4) is 0 Å². The van der Waals surface area contributed by atoms with E-state index in [0.29, 0.717) is 11.8 Å². The normalized spacial score (nSPS) is 55.7. The van der Waals surface area contributed by atoms with E-state index in [1.54, 1.807) is 0 Å². The molecule has 0 aliphatic heterocycles. The maximum absolute atomic E-state index is 13.3. The van der Waals surface area contributed by atoms with Crippen LogP contribution in [0.4, 0.5) is 0 Å². The second-order valence-corrected chi connectivity index (χ2v) is 12.8. The summed E-state index contributed by atoms with van der Waals surface area (Å²) < 4.78 is 0. The molecule has 2 N–H and O–H groups in total. The monoisotopic (exact) mass is 396 g/mol. The van der Waals surface area contributed by atoms with Crippen LogP contribution in [0.25, 0.3) is 0 Å². The number of hydrogen-bond acceptors (Lipinski definition) is 2. The number of carbonyl (C=O) groups is 2. The minimum absolute atomic E-state index is 0.0637. The maximum Gasteiger partial charge on any atom is 0.226 e. The van der Waals surface area contributed by atoms with Gasteiger partial charge in [0.05, 0.1) is 12.1 Å². The first-order chi connectivity index (χ1) is 14.0. The summed E-state index contributed by atoms with van der Waals surface area (Å²) in [5.74, 6) is 5.48. The quantitative estimate of drug-likeness (QED) is 0.759. The fourth-order valence-corrected chi connectivity index (χ4v) is 9.93. The van der Waals surface area contributed by atoms with Gasteiger partial charge in [-0.3, -0.25) is 9.59 Å². The lowest BCUT2D eigenvalue weighted by Crippen LogP contribution is -2.55. The number of rotatable bonds is 4. The lowest BCUT2D eigenvalue weighted by atomic mass is 9.49. The van der Waals surface area contributed by atoms with Gasteiger partial charge in [0.1, 0.15) is 0 Å². The van der Waals surface area contributed by atoms with Crippen molar-refractivity contribution >= 4 is 11.8 Å². The Labute approximate surface area is 174 Å². The van der Waals surface area contributed by atoms with Crippen LogP contribution in [-0.4, -0.2) is 23.9 Å². The molecule has 9 fully saturated rings. The number of carbonyl (C=O) groups excluding carboxylic acids is 2. The van der Waals surface area contributed by atoms with Crippen LogP contribution in [0.5, 0.6) is 0 Å². The lowest BCUT2D eigenvalue weighted by molar-refractivity contribution is -0.147. The predicted octanol–water partition coefficient (Wildman–Crippen LogP) is 3.79. The van der Waals surface area contributed by atoms with Crippen molar-refractivity contribution in [2.45, 2.75) is 95.6 Å². The topological polar surface area (TPSA) is 58.2 Å². The van der Waals surface area contributed by atoms with Crippen LogP contribution >= 0.6 is 0 Å². The van der Waals surface area contributed by atoms with Crippen molar-refractivity contribution in [2.75, 3.05) is 0 Å². The van der Waals surface area contributed by atoms with E-state index < -0.39 is 0 Å². The van der Waals surface area contributed by atoms with Gasteiger partial charge >= 0.3 is 0 Å². The van der Waals surface area contributed by atoms with Crippen molar-refractivity contribution in [3.05, 3.63) is 0 Å². The average Bonchev–Trinajstić information content (AvgIpc) is 3.36. The summed E-state index contributed by atoms with van der Waals surface area (Å²) in [6.45, 7) is 0. The molecule has 9 aliphatic rings. The molecular weight excluding hydrogens is 360 g/mol. The predicted molar refractivity (Wildman–Crippen MR) is 110 cm³/mol. The number of nitrogens with one attached hydrogen (secondary N) is 2. The Kier molecular flexibility index (Phi) is 3.52. The Morgan fingerprint density at radius 2 is 0.759 bits per heavy atom. The lowest BCUT2D eigenvalue weighted by Gasteiger charge is -2.55. The molecule has 0 heterocycles. The summed E-state index contributed by atoms with van der Waals surface area (Å²) in [7, 11) is 0. The average molecular weight is 397 g/mol. The molecule has 0 aromatic carbocycles. The molecule has 0 radical (unpaired) electrons. The van der Waals surface area contributed by atoms with Gasteiger partial charge in [-0.15, -0.1) is 0 Å². The highest BCUT2D eigenvalue weighted by molar-refractivity contribution is 5.85. The van der Waals surface area contributed by atoms with Crippen molar-refractivity contribution < 1.29 is 9.59 Å². The summed E-state index contributed by atoms with van der Waals surface area (Å²) >= 11 is 0. The second-order valence-electron chi connectivity index (χ2n) is 12.8. The Morgan fingerprint density at radius 3 is 1.03 bits per heavy atom. The van der Waals surface area contributed by atoms with Gasteiger partial charge in [-0.2, -0.15) is 0 Å². The molecule has 158 valence electrons. The van der Waals surface area contributed by atoms with Gasteiger partial charge in [0.25, 0.3) is 0 Å². The summed E-state index contributed by atoms with van der Waals surface area (Å²) in [5, 5.41) is 6.77. The molecular formula is C25H36N2O2. The summed E-state index contributed by atoms with van der Waals surface area (Å²) in [6.07, 6.45) is 15.9. The van der Waals surface area contributed by atoms with Crippen molar-refractivity contribution in [1.82, 2.24) is 10.6 Å². The van der Waals surface area contributed by atoms with E-state index in [4.69, 9.17) is 0 Å². The van der Waals surface area contributed by atoms with Crippen LogP contribution in [0.1, 0.15) is 83.5 Å². The molecule has 0 saturated heterocycles. The molecule has 0 spiro atoms. The second kappa shape index (κ2) is 5.79. The van der Waals surface area contributed by atoms with E-state index in [1.165, 1.54) is 38.5 Å². The van der Waals surface area contributed by atoms with Crippen LogP contribution in [0.15, 0.2) is 0 Å². The maximum atomic E-state index is 13.3. The van der Waals surface area contributed by atoms with E-state index >= 15 is 0 Å². The van der Waals surface area contributed by atoms with Gasteiger partial charge < -0.3 is 10.6 Å². The standard InChI is InChI=1S/C25H36N2O2/c28-22(24-8-14-1-15(9-24)3-16(2-14)10-24)26-20-7-21(20)27-23(29)25-11-17-4-18(12-25)6-19(5-17)13-25/h14-21H,1-13H2,(H,26,28)(H,27,29). The molecule has 9 aliphatic carbocycles. The smallest absolute Gasteiger partial charge is 0.226 e. The zero-order valence-corrected chi connectivity index (χ0v) is 17.6. The minimum Gasteiger partial charge on any atom is -0.351 e. The third-order valence-electron chi connectivity index (χ3n) is 10.5. The highest BCUT2D eigenvalue weighted by Gasteiger charge is 2.58. The molecule has 0 aromatic heterocycles. The Bertz CT molecular complexity index is 625. The Balaban J connectivity index is 0.985. The van der Waals surface area contributed by atoms with E-state index in [-0.39, 0.29) is 22.9 Å². The van der Waals surface area contributed by atoms with E-state index in [0.717, 1.165) is 80.5 Å². The van der Waals surface area contributed by atoms with Gasteiger partial charge in [0.15, 0.2) is 0 Å². The zero-order valence-electron chi connectivity index (χ0n) is 17.6. The first kappa shape index (κ1) is 17.6. The van der Waals surface area contributed by atoms with Crippen LogP contribution in [0, 0.1) is 46.3 Å². The van der Waals surface area contributed by atoms with Crippen molar-refractivity contribution in [1.29, 1.82) is 0 Å². The number of amides is 2. The molecule has 4 heteroatoms. The molecule has 29 heavy (non-hydrogen) atoms. The van der Waals surface area contributed by atoms with Gasteiger partial charge in [-0.05, 0) is 119 Å². The largest absolute Gasteiger partial charge is 0.351 e. The highest BCUT2D eigenvalue weighted by Crippen LogP contribution is 2.61. The summed E-state index contributed by atoms with van der Waals surface area (Å²) in [6, 6.07) is 0.377. The van der Waals surface area contributed by atoms with Crippen LogP contribution in [-0.2, 0) is 9.59 Å². The summed E-state index contributed by atoms with van der Waals surface area (Å²) in [5.41, 5.74) is -0.127. The molecule has 0 aromatic rings. The van der Waals surface area contributed by atoms with Crippen LogP contribution in [0.2, 0.25) is 0 Å². The molecule has 2 unspecified atom stereocenters. The van der Waals surface area contributed by atoms with E-state index in [9.17, 15) is 9.59 Å². The van der Waals surface area contributed by atoms with Crippen molar-refractivity contribution in [2.24, 2.45) is 46.3 Å². The van der Waals surface area contributed by atoms with E-state index in [1.807, 2.05) is 0 Å². The Morgan fingerprint density at radius 1 is 0.483 bits per heavy atom. The van der Waals surface area contributed by atoms with Gasteiger partial charge in [0, 0.05) is 10.8 Å². The van der Waals surface area contributed by atoms with Crippen LogP contribution < -0.4 is 10.6 Å². The van der Waals surface area contributed by atoms with Crippen LogP contribution in [0.3, 0.4) is 0 Å². The first-order valence-electron chi connectivity index (χ1n) is 12.6. The fourth-order valence-electron chi connectivity index (χ4n) is 9.93. The third kappa shape index (κ3) is 2.69. The Hall–Kier alpha value is -1.06. The molecule has 8 bridgehead atoms. The number of hydrogen-bond donors (Lipinski definition) is 2. The first-order valence-corrected chi connectivity index (χ1v) is 12.6.